The number of rotatable bonds is 12. The van der Waals surface area contributed by atoms with Gasteiger partial charge in [-0.3, -0.25) is 14.9 Å². The number of sulfonamides is 1. The topological polar surface area (TPSA) is 127 Å². The van der Waals surface area contributed by atoms with Crippen molar-refractivity contribution < 1.29 is 27.6 Å². The summed E-state index contributed by atoms with van der Waals surface area (Å²) >= 11 is 5.75. The van der Waals surface area contributed by atoms with Gasteiger partial charge in [0.05, 0.1) is 9.82 Å². The Kier molecular flexibility index (Phi) is 9.51. The van der Waals surface area contributed by atoms with E-state index in [-0.39, 0.29) is 28.7 Å². The minimum absolute atomic E-state index is 0.0329. The van der Waals surface area contributed by atoms with Crippen molar-refractivity contribution in [2.24, 2.45) is 0 Å². The molecule has 0 atom stereocenters. The molecule has 0 saturated heterocycles. The maximum absolute atomic E-state index is 13.8. The van der Waals surface area contributed by atoms with Crippen molar-refractivity contribution in [1.29, 1.82) is 0 Å². The van der Waals surface area contributed by atoms with Gasteiger partial charge >= 0.3 is 5.97 Å². The summed E-state index contributed by atoms with van der Waals surface area (Å²) in [7, 11) is -3.98. The fraction of sp³-hybridized carbons (Fsp3) is 0.192. The quantitative estimate of drug-likeness (QED) is 0.173. The zero-order chi connectivity index (χ0) is 27.0. The first-order valence-corrected chi connectivity index (χ1v) is 13.1. The highest BCUT2D eigenvalue weighted by Crippen LogP contribution is 2.28. The Labute approximate surface area is 218 Å². The number of hydrogen-bond acceptors (Lipinski definition) is 5. The maximum atomic E-state index is 13.8. The molecule has 8 nitrogen and oxygen atoms in total. The number of unbranched alkanes of at least 4 members (excludes halogenated alkanes) is 1. The Bertz CT molecular complexity index is 1430. The molecule has 37 heavy (non-hydrogen) atoms. The second-order valence-electron chi connectivity index (χ2n) is 8.13. The number of halogens is 2. The van der Waals surface area contributed by atoms with Crippen LogP contribution in [0.3, 0.4) is 0 Å². The highest BCUT2D eigenvalue weighted by Gasteiger charge is 2.20. The Hall–Kier alpha value is -3.60. The van der Waals surface area contributed by atoms with Crippen LogP contribution in [0, 0.1) is 15.9 Å². The molecule has 11 heteroatoms. The second kappa shape index (κ2) is 12.6. The molecule has 0 heterocycles. The summed E-state index contributed by atoms with van der Waals surface area (Å²) in [6.07, 6.45) is 3.22. The predicted molar refractivity (Wildman–Crippen MR) is 138 cm³/mol. The first kappa shape index (κ1) is 28.0. The molecule has 0 aliphatic rings. The smallest absolute Gasteiger partial charge is 0.303 e. The van der Waals surface area contributed by atoms with Gasteiger partial charge in [-0.2, -0.15) is 0 Å². The third kappa shape index (κ3) is 7.94. The maximum Gasteiger partial charge on any atom is 0.303 e. The van der Waals surface area contributed by atoms with E-state index in [1.807, 2.05) is 30.3 Å². The van der Waals surface area contributed by atoms with E-state index in [0.717, 1.165) is 22.8 Å². The number of allylic oxidation sites excluding steroid dienone is 1. The summed E-state index contributed by atoms with van der Waals surface area (Å²) < 4.78 is 41.4. The van der Waals surface area contributed by atoms with Crippen LogP contribution in [0.2, 0.25) is 5.02 Å². The fourth-order valence-electron chi connectivity index (χ4n) is 3.62. The average Bonchev–Trinajstić information content (AvgIpc) is 2.84. The summed E-state index contributed by atoms with van der Waals surface area (Å²) in [6.45, 7) is 0.0554. The van der Waals surface area contributed by atoms with Crippen LogP contribution in [-0.2, 0) is 21.2 Å². The van der Waals surface area contributed by atoms with Crippen LogP contribution in [0.15, 0.2) is 77.7 Å². The zero-order valence-electron chi connectivity index (χ0n) is 19.6. The van der Waals surface area contributed by atoms with Crippen LogP contribution < -0.4 is 4.72 Å². The lowest BCUT2D eigenvalue weighted by Crippen LogP contribution is -2.26. The van der Waals surface area contributed by atoms with Crippen molar-refractivity contribution in [2.75, 3.05) is 6.54 Å². The molecule has 0 unspecified atom stereocenters. The Balaban J connectivity index is 1.70. The number of nitrogens with zero attached hydrogens (tertiary/aromatic N) is 1. The van der Waals surface area contributed by atoms with Crippen LogP contribution in [0.5, 0.6) is 0 Å². The molecule has 194 valence electrons. The second-order valence-corrected chi connectivity index (χ2v) is 10.3. The number of aliphatic carboxylic acids is 1. The molecule has 0 spiro atoms. The molecule has 3 aromatic carbocycles. The first-order valence-electron chi connectivity index (χ1n) is 11.3. The number of nitro groups is 1. The summed E-state index contributed by atoms with van der Waals surface area (Å²) in [4.78, 5) is 20.8. The van der Waals surface area contributed by atoms with E-state index < -0.39 is 26.6 Å². The number of carboxylic acid groups (broad SMARTS) is 1. The molecule has 0 radical (unpaired) electrons. The molecule has 0 aliphatic heterocycles. The molecule has 0 aromatic heterocycles. The molecule has 0 fully saturated rings. The van der Waals surface area contributed by atoms with E-state index in [4.69, 9.17) is 16.7 Å². The lowest BCUT2D eigenvalue weighted by Gasteiger charge is -2.11. The van der Waals surface area contributed by atoms with E-state index in [0.29, 0.717) is 24.8 Å². The highest BCUT2D eigenvalue weighted by molar-refractivity contribution is 7.89. The van der Waals surface area contributed by atoms with Crippen molar-refractivity contribution in [3.05, 3.63) is 110 Å². The van der Waals surface area contributed by atoms with Crippen LogP contribution in [0.1, 0.15) is 36.0 Å². The van der Waals surface area contributed by atoms with Crippen molar-refractivity contribution >= 4 is 38.9 Å². The summed E-state index contributed by atoms with van der Waals surface area (Å²) in [5.74, 6) is -1.26. The van der Waals surface area contributed by atoms with Crippen molar-refractivity contribution in [3.8, 4) is 0 Å². The monoisotopic (exact) mass is 546 g/mol. The Morgan fingerprint density at radius 2 is 1.81 bits per heavy atom. The molecular weight excluding hydrogens is 523 g/mol. The number of nitrogens with one attached hydrogen (secondary N) is 1. The third-order valence-electron chi connectivity index (χ3n) is 5.47. The fourth-order valence-corrected chi connectivity index (χ4v) is 4.86. The van der Waals surface area contributed by atoms with Crippen molar-refractivity contribution in [3.63, 3.8) is 0 Å². The van der Waals surface area contributed by atoms with Gasteiger partial charge in [0.1, 0.15) is 10.8 Å². The van der Waals surface area contributed by atoms with Gasteiger partial charge < -0.3 is 5.11 Å². The van der Waals surface area contributed by atoms with Gasteiger partial charge in [0, 0.05) is 19.0 Å². The van der Waals surface area contributed by atoms with E-state index in [2.05, 4.69) is 4.72 Å². The van der Waals surface area contributed by atoms with Gasteiger partial charge in [0.2, 0.25) is 10.0 Å². The van der Waals surface area contributed by atoms with Crippen molar-refractivity contribution in [1.82, 2.24) is 4.72 Å². The highest BCUT2D eigenvalue weighted by atomic mass is 35.5. The largest absolute Gasteiger partial charge is 0.481 e. The van der Waals surface area contributed by atoms with E-state index >= 15 is 0 Å². The van der Waals surface area contributed by atoms with Gasteiger partial charge in [-0.25, -0.2) is 17.5 Å². The Morgan fingerprint density at radius 1 is 1.08 bits per heavy atom. The van der Waals surface area contributed by atoms with E-state index in [9.17, 15) is 27.7 Å². The third-order valence-corrected chi connectivity index (χ3v) is 7.25. The molecule has 0 saturated carbocycles. The first-order chi connectivity index (χ1) is 17.6. The lowest BCUT2D eigenvalue weighted by atomic mass is 9.95. The van der Waals surface area contributed by atoms with Crippen LogP contribution in [0.4, 0.5) is 10.1 Å². The normalized spacial score (nSPS) is 11.9. The SMILES string of the molecule is O=C(O)CCC/C=C(\c1ccc(CCNS(=O)(=O)c2ccc(Cl)c([N+](=O)[O-])c2)cc1)c1cccc(F)c1. The molecule has 3 rings (SSSR count). The van der Waals surface area contributed by atoms with Gasteiger partial charge in [0.15, 0.2) is 0 Å². The molecule has 2 N–H and O–H groups in total. The minimum Gasteiger partial charge on any atom is -0.481 e. The number of carboxylic acids is 1. The Morgan fingerprint density at radius 3 is 2.46 bits per heavy atom. The van der Waals surface area contributed by atoms with Gasteiger partial charge in [-0.05, 0) is 65.8 Å². The average molecular weight is 547 g/mol. The number of carbonyl (C=O) groups is 1. The van der Waals surface area contributed by atoms with Crippen LogP contribution >= 0.6 is 11.6 Å². The van der Waals surface area contributed by atoms with Gasteiger partial charge in [0.25, 0.3) is 5.69 Å². The van der Waals surface area contributed by atoms with Crippen LogP contribution in [-0.4, -0.2) is 31.0 Å². The predicted octanol–water partition coefficient (Wildman–Crippen LogP) is 5.59. The number of nitro benzene ring substituents is 1. The van der Waals surface area contributed by atoms with Gasteiger partial charge in [-0.15, -0.1) is 0 Å². The van der Waals surface area contributed by atoms with Gasteiger partial charge in [-0.1, -0.05) is 54.1 Å². The van der Waals surface area contributed by atoms with E-state index in [1.54, 1.807) is 12.1 Å². The lowest BCUT2D eigenvalue weighted by molar-refractivity contribution is -0.384. The minimum atomic E-state index is -3.98. The molecule has 0 bridgehead atoms. The molecule has 0 aliphatic carbocycles. The number of hydrogen-bond donors (Lipinski definition) is 2. The van der Waals surface area contributed by atoms with E-state index in [1.165, 1.54) is 24.3 Å². The van der Waals surface area contributed by atoms with Crippen LogP contribution in [0.25, 0.3) is 5.57 Å². The standard InChI is InChI=1S/C26H24ClFN2O6S/c27-24-13-12-22(17-25(24)30(33)34)37(35,36)29-15-14-18-8-10-19(11-9-18)23(6-1-2-7-26(31)32)20-4-3-5-21(28)16-20/h3-6,8-13,16-17,29H,1-2,7,14-15H2,(H,31,32)/b23-6+. The summed E-state index contributed by atoms with van der Waals surface area (Å²) in [5, 5.41) is 19.8. The zero-order valence-corrected chi connectivity index (χ0v) is 21.1. The summed E-state index contributed by atoms with van der Waals surface area (Å²) in [6, 6.07) is 16.7. The molecule has 0 amide bonds. The molecular formula is C26H24ClFN2O6S. The van der Waals surface area contributed by atoms with Crippen molar-refractivity contribution in [2.45, 2.75) is 30.6 Å². The molecule has 3 aromatic rings. The number of benzene rings is 3. The summed E-state index contributed by atoms with van der Waals surface area (Å²) in [5.41, 5.74) is 2.57.